The van der Waals surface area contributed by atoms with Gasteiger partial charge in [0.2, 0.25) is 0 Å². The van der Waals surface area contributed by atoms with Gasteiger partial charge in [0.05, 0.1) is 6.61 Å². The Bertz CT molecular complexity index is 1160. The van der Waals surface area contributed by atoms with Crippen LogP contribution in [0.25, 0.3) is 0 Å². The van der Waals surface area contributed by atoms with E-state index in [1.54, 1.807) is 0 Å². The van der Waals surface area contributed by atoms with Crippen molar-refractivity contribution >= 4 is 19.8 Å². The highest BCUT2D eigenvalue weighted by atomic mass is 31.2. The number of allylic oxidation sites excluding steroid dienone is 6. The van der Waals surface area contributed by atoms with Crippen LogP contribution in [0.1, 0.15) is 174 Å². The molecule has 1 saturated carbocycles. The van der Waals surface area contributed by atoms with Crippen LogP contribution in [0.2, 0.25) is 0 Å². The normalized spacial score (nSPS) is 22.8. The molecule has 8 atom stereocenters. The summed E-state index contributed by atoms with van der Waals surface area (Å²) in [5, 5.41) is 50.1. The van der Waals surface area contributed by atoms with Crippen LogP contribution in [0.3, 0.4) is 0 Å². The largest absolute Gasteiger partial charge is 0.472 e. The zero-order chi connectivity index (χ0) is 42.9. The first kappa shape index (κ1) is 54.1. The van der Waals surface area contributed by atoms with Gasteiger partial charge in [-0.05, 0) is 70.6 Å². The molecule has 1 aliphatic carbocycles. The van der Waals surface area contributed by atoms with Gasteiger partial charge in [0.15, 0.2) is 6.10 Å². The highest BCUT2D eigenvalue weighted by Crippen LogP contribution is 2.47. The zero-order valence-electron chi connectivity index (χ0n) is 35.6. The third-order valence-electron chi connectivity index (χ3n) is 10.2. The smallest absolute Gasteiger partial charge is 0.462 e. The molecule has 0 saturated heterocycles. The number of ether oxygens (including phenoxy) is 2. The number of phosphoric acid groups is 1. The minimum absolute atomic E-state index is 0.0835. The molecule has 0 heterocycles. The minimum Gasteiger partial charge on any atom is -0.462 e. The van der Waals surface area contributed by atoms with Crippen LogP contribution in [0.5, 0.6) is 0 Å². The monoisotopic (exact) mass is 847 g/mol. The molecule has 13 nitrogen and oxygen atoms in total. The first-order valence-corrected chi connectivity index (χ1v) is 23.8. The molecular weight excluding hydrogens is 767 g/mol. The topological polar surface area (TPSA) is 210 Å². The maximum absolute atomic E-state index is 12.8. The molecule has 0 spiro atoms. The molecule has 14 heteroatoms. The highest BCUT2D eigenvalue weighted by Gasteiger charge is 2.51. The number of carbonyl (C=O) groups is 2. The molecule has 0 aromatic carbocycles. The van der Waals surface area contributed by atoms with E-state index in [1.807, 2.05) is 0 Å². The first-order chi connectivity index (χ1) is 27.9. The standard InChI is InChI=1S/C44H79O13P/c1-3-5-7-9-11-13-15-17-19-21-22-24-26-28-30-32-37(45)54-34-36(35-55-58(52,53)57-44-42(50)40(48)39(47)41(49)43(44)51)56-38(46)33-31-29-27-25-23-20-18-16-14-12-10-8-6-4-2/h11,13,16-19,36,39-44,47-51H,3-10,12,14-15,20-35H2,1-2H3,(H,52,53)/b13-11-,18-16-,19-17-/t36-,39?,40-,41?,42?,43?,44?/m1/s1. The van der Waals surface area contributed by atoms with Crippen LogP contribution in [0, 0.1) is 0 Å². The van der Waals surface area contributed by atoms with Gasteiger partial charge in [-0.2, -0.15) is 0 Å². The van der Waals surface area contributed by atoms with E-state index in [2.05, 4.69) is 50.3 Å². The van der Waals surface area contributed by atoms with Gasteiger partial charge in [-0.1, -0.05) is 127 Å². The number of phosphoric ester groups is 1. The number of hydrogen-bond acceptors (Lipinski definition) is 12. The van der Waals surface area contributed by atoms with E-state index in [1.165, 1.54) is 51.4 Å². The van der Waals surface area contributed by atoms with Crippen LogP contribution in [-0.4, -0.2) is 98.3 Å². The SMILES string of the molecule is CCCCC/C=C\C/C=C\CCCCCCCC(=O)OC[C@H](COP(=O)(O)OC1C(O)C(O)C(O)[C@@H](O)C1O)OC(=O)CCCCCCC/C=C\CCCCCCC. The predicted octanol–water partition coefficient (Wildman–Crippen LogP) is 8.22. The Kier molecular flexibility index (Phi) is 32.4. The van der Waals surface area contributed by atoms with E-state index in [9.17, 15) is 44.6 Å². The number of unbranched alkanes of at least 4 members (excludes halogenated alkanes) is 18. The summed E-state index contributed by atoms with van der Waals surface area (Å²) < 4.78 is 33.5. The van der Waals surface area contributed by atoms with Gasteiger partial charge in [-0.15, -0.1) is 0 Å². The summed E-state index contributed by atoms with van der Waals surface area (Å²) in [6.07, 6.45) is 24.8. The lowest BCUT2D eigenvalue weighted by Gasteiger charge is -2.41. The summed E-state index contributed by atoms with van der Waals surface area (Å²) in [4.78, 5) is 35.6. The van der Waals surface area contributed by atoms with Gasteiger partial charge in [0.25, 0.3) is 0 Å². The van der Waals surface area contributed by atoms with Gasteiger partial charge in [-0.25, -0.2) is 4.57 Å². The number of hydrogen-bond donors (Lipinski definition) is 6. The zero-order valence-corrected chi connectivity index (χ0v) is 36.5. The van der Waals surface area contributed by atoms with Crippen LogP contribution in [0.4, 0.5) is 0 Å². The van der Waals surface area contributed by atoms with E-state index >= 15 is 0 Å². The average Bonchev–Trinajstić information content (AvgIpc) is 3.20. The first-order valence-electron chi connectivity index (χ1n) is 22.3. The lowest BCUT2D eigenvalue weighted by atomic mass is 9.85. The summed E-state index contributed by atoms with van der Waals surface area (Å²) in [6.45, 7) is 3.23. The number of esters is 2. The summed E-state index contributed by atoms with van der Waals surface area (Å²) in [5.41, 5.74) is 0. The van der Waals surface area contributed by atoms with Gasteiger partial charge in [0.1, 0.15) is 43.2 Å². The minimum atomic E-state index is -5.12. The van der Waals surface area contributed by atoms with Crippen molar-refractivity contribution in [1.82, 2.24) is 0 Å². The highest BCUT2D eigenvalue weighted by molar-refractivity contribution is 7.47. The number of rotatable bonds is 36. The Labute approximate surface area is 348 Å². The fourth-order valence-electron chi connectivity index (χ4n) is 6.55. The van der Waals surface area contributed by atoms with E-state index in [0.29, 0.717) is 12.8 Å². The number of aliphatic hydroxyl groups excluding tert-OH is 5. The molecule has 1 fully saturated rings. The second-order valence-electron chi connectivity index (χ2n) is 15.5. The molecule has 338 valence electrons. The quantitative estimate of drug-likeness (QED) is 0.0152. The molecule has 6 N–H and O–H groups in total. The number of carbonyl (C=O) groups excluding carboxylic acids is 2. The average molecular weight is 847 g/mol. The van der Waals surface area contributed by atoms with E-state index in [4.69, 9.17) is 18.5 Å². The third-order valence-corrected chi connectivity index (χ3v) is 11.2. The maximum Gasteiger partial charge on any atom is 0.472 e. The Morgan fingerprint density at radius 3 is 1.45 bits per heavy atom. The molecule has 0 aromatic heterocycles. The summed E-state index contributed by atoms with van der Waals surface area (Å²) >= 11 is 0. The third kappa shape index (κ3) is 27.0. The van der Waals surface area contributed by atoms with Crippen LogP contribution < -0.4 is 0 Å². The maximum atomic E-state index is 12.8. The Morgan fingerprint density at radius 1 is 0.534 bits per heavy atom. The second-order valence-corrected chi connectivity index (χ2v) is 16.9. The second kappa shape index (κ2) is 34.7. The molecule has 0 amide bonds. The Hall–Kier alpha value is -1.93. The van der Waals surface area contributed by atoms with Crippen molar-refractivity contribution in [1.29, 1.82) is 0 Å². The van der Waals surface area contributed by atoms with E-state index in [0.717, 1.165) is 83.5 Å². The summed E-state index contributed by atoms with van der Waals surface area (Å²) in [6, 6.07) is 0. The molecule has 0 radical (unpaired) electrons. The molecular formula is C44H79O13P. The van der Waals surface area contributed by atoms with Gasteiger partial charge in [0, 0.05) is 12.8 Å². The fraction of sp³-hybridized carbons (Fsp3) is 0.818. The molecule has 58 heavy (non-hydrogen) atoms. The Balaban J connectivity index is 2.50. The van der Waals surface area contributed by atoms with Crippen LogP contribution in [0.15, 0.2) is 36.5 Å². The molecule has 6 unspecified atom stereocenters. The fourth-order valence-corrected chi connectivity index (χ4v) is 7.52. The molecule has 0 aliphatic heterocycles. The van der Waals surface area contributed by atoms with Gasteiger partial charge < -0.3 is 39.9 Å². The van der Waals surface area contributed by atoms with Crippen molar-refractivity contribution in [3.05, 3.63) is 36.5 Å². The van der Waals surface area contributed by atoms with Crippen molar-refractivity contribution in [2.24, 2.45) is 0 Å². The van der Waals surface area contributed by atoms with Crippen molar-refractivity contribution < 1.29 is 63.1 Å². The molecule has 0 aromatic rings. The lowest BCUT2D eigenvalue weighted by Crippen LogP contribution is -2.64. The van der Waals surface area contributed by atoms with Crippen molar-refractivity contribution in [3.63, 3.8) is 0 Å². The van der Waals surface area contributed by atoms with E-state index in [-0.39, 0.29) is 12.8 Å². The van der Waals surface area contributed by atoms with Crippen molar-refractivity contribution in [2.75, 3.05) is 13.2 Å². The van der Waals surface area contributed by atoms with Crippen LogP contribution in [-0.2, 0) is 32.7 Å². The predicted molar refractivity (Wildman–Crippen MR) is 226 cm³/mol. The lowest BCUT2D eigenvalue weighted by molar-refractivity contribution is -0.220. The molecule has 0 bridgehead atoms. The molecule has 1 aliphatic rings. The van der Waals surface area contributed by atoms with Crippen LogP contribution >= 0.6 is 7.82 Å². The van der Waals surface area contributed by atoms with Gasteiger partial charge >= 0.3 is 19.8 Å². The Morgan fingerprint density at radius 2 is 0.931 bits per heavy atom. The molecule has 1 rings (SSSR count). The van der Waals surface area contributed by atoms with Crippen molar-refractivity contribution in [2.45, 2.75) is 217 Å². The number of aliphatic hydroxyl groups is 5. The van der Waals surface area contributed by atoms with Crippen molar-refractivity contribution in [3.8, 4) is 0 Å². The van der Waals surface area contributed by atoms with E-state index < -0.39 is 75.7 Å². The van der Waals surface area contributed by atoms with Gasteiger partial charge in [-0.3, -0.25) is 18.6 Å². The summed E-state index contributed by atoms with van der Waals surface area (Å²) in [7, 11) is -5.12. The summed E-state index contributed by atoms with van der Waals surface area (Å²) in [5.74, 6) is -1.13.